The number of hydrogen-bond donors (Lipinski definition) is 3. The molecule has 1 saturated heterocycles. The molecule has 0 aromatic heterocycles. The summed E-state index contributed by atoms with van der Waals surface area (Å²) in [5.41, 5.74) is 6.81. The Kier molecular flexibility index (Phi) is 5.16. The van der Waals surface area contributed by atoms with E-state index in [1.807, 2.05) is 37.4 Å². The fraction of sp³-hybridized carbons (Fsp3) is 0.467. The van der Waals surface area contributed by atoms with Gasteiger partial charge < -0.3 is 21.2 Å². The van der Waals surface area contributed by atoms with Gasteiger partial charge in [-0.2, -0.15) is 0 Å². The summed E-state index contributed by atoms with van der Waals surface area (Å²) in [6.45, 7) is 1.27. The fourth-order valence-corrected chi connectivity index (χ4v) is 2.61. The van der Waals surface area contributed by atoms with E-state index in [1.54, 1.807) is 4.90 Å². The monoisotopic (exact) mass is 290 g/mol. The molecule has 6 nitrogen and oxygen atoms in total. The predicted octanol–water partition coefficient (Wildman–Crippen LogP) is 0.727. The molecule has 1 fully saturated rings. The highest BCUT2D eigenvalue weighted by Gasteiger charge is 2.24. The molecule has 0 spiro atoms. The lowest BCUT2D eigenvalue weighted by Crippen LogP contribution is -2.48. The summed E-state index contributed by atoms with van der Waals surface area (Å²) in [7, 11) is 1.81. The highest BCUT2D eigenvalue weighted by molar-refractivity contribution is 5.87. The molecule has 1 aliphatic rings. The third-order valence-corrected chi connectivity index (χ3v) is 3.91. The Morgan fingerprint density at radius 1 is 1.52 bits per heavy atom. The van der Waals surface area contributed by atoms with Crippen molar-refractivity contribution in [3.05, 3.63) is 35.9 Å². The molecule has 4 N–H and O–H groups in total. The number of amidine groups is 1. The van der Waals surface area contributed by atoms with E-state index in [1.165, 1.54) is 0 Å². The van der Waals surface area contributed by atoms with Gasteiger partial charge in [0, 0.05) is 32.6 Å². The zero-order chi connectivity index (χ0) is 15.2. The molecule has 0 bridgehead atoms. The number of oxime groups is 1. The third kappa shape index (κ3) is 3.95. The minimum absolute atomic E-state index is 0.181. The number of benzene rings is 1. The van der Waals surface area contributed by atoms with Gasteiger partial charge in [-0.15, -0.1) is 0 Å². The van der Waals surface area contributed by atoms with Crippen LogP contribution in [0.5, 0.6) is 0 Å². The van der Waals surface area contributed by atoms with Crippen molar-refractivity contribution >= 4 is 11.7 Å². The van der Waals surface area contributed by atoms with Crippen LogP contribution >= 0.6 is 0 Å². The molecule has 2 atom stereocenters. The zero-order valence-corrected chi connectivity index (χ0v) is 12.2. The standard InChI is InChI=1S/C15H22N4O2/c1-19-10-12(7-8-14(19)20)17-9-13(15(16)18-21)11-5-3-2-4-6-11/h2-6,12-13,17,21H,7-10H2,1H3,(H2,16,18). The van der Waals surface area contributed by atoms with Gasteiger partial charge in [-0.3, -0.25) is 4.79 Å². The summed E-state index contributed by atoms with van der Waals surface area (Å²) in [5, 5.41) is 15.5. The summed E-state index contributed by atoms with van der Waals surface area (Å²) >= 11 is 0. The average molecular weight is 290 g/mol. The second-order valence-corrected chi connectivity index (χ2v) is 5.41. The maximum Gasteiger partial charge on any atom is 0.222 e. The van der Waals surface area contributed by atoms with Crippen LogP contribution in [0.3, 0.4) is 0 Å². The van der Waals surface area contributed by atoms with Gasteiger partial charge in [0.05, 0.1) is 5.92 Å². The summed E-state index contributed by atoms with van der Waals surface area (Å²) in [5.74, 6) is 0.192. The Bertz CT molecular complexity index is 504. The Morgan fingerprint density at radius 2 is 2.24 bits per heavy atom. The molecule has 1 heterocycles. The van der Waals surface area contributed by atoms with Gasteiger partial charge in [0.2, 0.25) is 5.91 Å². The SMILES string of the molecule is CN1CC(NCC(C(N)=NO)c2ccccc2)CCC1=O. The lowest BCUT2D eigenvalue weighted by atomic mass is 9.97. The third-order valence-electron chi connectivity index (χ3n) is 3.91. The van der Waals surface area contributed by atoms with Gasteiger partial charge in [-0.1, -0.05) is 35.5 Å². The number of carbonyl (C=O) groups excluding carboxylic acids is 1. The lowest BCUT2D eigenvalue weighted by molar-refractivity contribution is -0.132. The number of hydrogen-bond acceptors (Lipinski definition) is 4. The molecule has 114 valence electrons. The number of nitrogens with zero attached hydrogens (tertiary/aromatic N) is 2. The second-order valence-electron chi connectivity index (χ2n) is 5.41. The number of likely N-dealkylation sites (tertiary alicyclic amines) is 1. The number of piperidine rings is 1. The van der Waals surface area contributed by atoms with Gasteiger partial charge in [0.25, 0.3) is 0 Å². The first kappa shape index (κ1) is 15.3. The normalized spacial score (nSPS) is 21.4. The highest BCUT2D eigenvalue weighted by Crippen LogP contribution is 2.16. The molecule has 0 saturated carbocycles. The summed E-state index contributed by atoms with van der Waals surface area (Å²) < 4.78 is 0. The van der Waals surface area contributed by atoms with Gasteiger partial charge in [-0.05, 0) is 12.0 Å². The van der Waals surface area contributed by atoms with E-state index in [4.69, 9.17) is 10.9 Å². The van der Waals surface area contributed by atoms with E-state index in [0.717, 1.165) is 12.0 Å². The van der Waals surface area contributed by atoms with Gasteiger partial charge in [0.1, 0.15) is 5.84 Å². The maximum absolute atomic E-state index is 11.5. The van der Waals surface area contributed by atoms with Crippen LogP contribution in [0.1, 0.15) is 24.3 Å². The van der Waals surface area contributed by atoms with Crippen LogP contribution in [-0.2, 0) is 4.79 Å². The van der Waals surface area contributed by atoms with E-state index in [9.17, 15) is 4.79 Å². The molecular weight excluding hydrogens is 268 g/mol. The molecule has 2 unspecified atom stereocenters. The molecule has 1 amide bonds. The first-order chi connectivity index (χ1) is 10.1. The van der Waals surface area contributed by atoms with Crippen molar-refractivity contribution in [3.63, 3.8) is 0 Å². The van der Waals surface area contributed by atoms with Crippen LogP contribution in [0.25, 0.3) is 0 Å². The quantitative estimate of drug-likeness (QED) is 0.323. The highest BCUT2D eigenvalue weighted by atomic mass is 16.4. The van der Waals surface area contributed by atoms with Crippen LogP contribution in [0.4, 0.5) is 0 Å². The van der Waals surface area contributed by atoms with Crippen LogP contribution in [0, 0.1) is 0 Å². The minimum atomic E-state index is -0.181. The number of amides is 1. The smallest absolute Gasteiger partial charge is 0.222 e. The van der Waals surface area contributed by atoms with Gasteiger partial charge in [0.15, 0.2) is 0 Å². The number of rotatable bonds is 5. The number of likely N-dealkylation sites (N-methyl/N-ethyl adjacent to an activating group) is 1. The number of carbonyl (C=O) groups is 1. The summed E-state index contributed by atoms with van der Waals surface area (Å²) in [6.07, 6.45) is 1.38. The molecule has 2 rings (SSSR count). The van der Waals surface area contributed by atoms with E-state index in [0.29, 0.717) is 19.5 Å². The first-order valence-electron chi connectivity index (χ1n) is 7.11. The van der Waals surface area contributed by atoms with Crippen LogP contribution in [-0.4, -0.2) is 48.0 Å². The molecule has 6 heteroatoms. The first-order valence-corrected chi connectivity index (χ1v) is 7.11. The van der Waals surface area contributed by atoms with Crippen molar-refractivity contribution in [1.29, 1.82) is 0 Å². The van der Waals surface area contributed by atoms with Crippen molar-refractivity contribution in [2.45, 2.75) is 24.8 Å². The summed E-state index contributed by atoms with van der Waals surface area (Å²) in [4.78, 5) is 13.2. The van der Waals surface area contributed by atoms with Crippen molar-refractivity contribution in [3.8, 4) is 0 Å². The van der Waals surface area contributed by atoms with Crippen LogP contribution in [0.2, 0.25) is 0 Å². The molecular formula is C15H22N4O2. The van der Waals surface area contributed by atoms with Crippen molar-refractivity contribution in [2.24, 2.45) is 10.9 Å². The maximum atomic E-state index is 11.5. The predicted molar refractivity (Wildman–Crippen MR) is 81.3 cm³/mol. The van der Waals surface area contributed by atoms with Crippen LogP contribution in [0.15, 0.2) is 35.5 Å². The van der Waals surface area contributed by atoms with Crippen molar-refractivity contribution in [2.75, 3.05) is 20.1 Å². The Labute approximate surface area is 124 Å². The molecule has 0 aliphatic carbocycles. The molecule has 21 heavy (non-hydrogen) atoms. The minimum Gasteiger partial charge on any atom is -0.409 e. The Morgan fingerprint density at radius 3 is 2.86 bits per heavy atom. The summed E-state index contributed by atoms with van der Waals surface area (Å²) in [6, 6.07) is 9.95. The second kappa shape index (κ2) is 7.08. The topological polar surface area (TPSA) is 90.9 Å². The van der Waals surface area contributed by atoms with E-state index >= 15 is 0 Å². The average Bonchev–Trinajstić information content (AvgIpc) is 2.51. The molecule has 0 radical (unpaired) electrons. The molecule has 1 aromatic rings. The Balaban J connectivity index is 1.99. The van der Waals surface area contributed by atoms with E-state index in [-0.39, 0.29) is 23.7 Å². The fourth-order valence-electron chi connectivity index (χ4n) is 2.61. The van der Waals surface area contributed by atoms with E-state index < -0.39 is 0 Å². The van der Waals surface area contributed by atoms with Crippen molar-refractivity contribution < 1.29 is 10.0 Å². The molecule has 1 aliphatic heterocycles. The van der Waals surface area contributed by atoms with Crippen molar-refractivity contribution in [1.82, 2.24) is 10.2 Å². The Hall–Kier alpha value is -2.08. The van der Waals surface area contributed by atoms with Gasteiger partial charge in [-0.25, -0.2) is 0 Å². The van der Waals surface area contributed by atoms with E-state index in [2.05, 4.69) is 10.5 Å². The number of nitrogens with two attached hydrogens (primary N) is 1. The number of nitrogens with one attached hydrogen (secondary N) is 1. The molecule has 1 aromatic carbocycles. The zero-order valence-electron chi connectivity index (χ0n) is 12.2. The lowest BCUT2D eigenvalue weighted by Gasteiger charge is -2.31. The van der Waals surface area contributed by atoms with Crippen LogP contribution < -0.4 is 11.1 Å². The van der Waals surface area contributed by atoms with Gasteiger partial charge >= 0.3 is 0 Å². The largest absolute Gasteiger partial charge is 0.409 e.